The average molecular weight is 425 g/mol. The van der Waals surface area contributed by atoms with Gasteiger partial charge in [-0.1, -0.05) is 40.9 Å². The van der Waals surface area contributed by atoms with E-state index in [1.54, 1.807) is 46.9 Å². The van der Waals surface area contributed by atoms with Crippen molar-refractivity contribution in [3.63, 3.8) is 0 Å². The quantitative estimate of drug-likeness (QED) is 0.609. The topological polar surface area (TPSA) is 64.7 Å². The third kappa shape index (κ3) is 4.53. The van der Waals surface area contributed by atoms with E-state index in [1.807, 2.05) is 13.0 Å². The fourth-order valence-corrected chi connectivity index (χ4v) is 3.24. The molecule has 2 heterocycles. The van der Waals surface area contributed by atoms with Crippen LogP contribution in [0.4, 0.5) is 5.82 Å². The largest absolute Gasteiger partial charge is 0.307 e. The molecule has 0 atom stereocenters. The van der Waals surface area contributed by atoms with Crippen molar-refractivity contribution < 1.29 is 4.79 Å². The van der Waals surface area contributed by atoms with Gasteiger partial charge in [0.2, 0.25) is 5.91 Å². The van der Waals surface area contributed by atoms with Crippen LogP contribution in [-0.2, 0) is 18.4 Å². The van der Waals surface area contributed by atoms with Crippen LogP contribution in [0.2, 0.25) is 15.2 Å². The highest BCUT2D eigenvalue weighted by atomic mass is 35.5. The van der Waals surface area contributed by atoms with E-state index in [0.29, 0.717) is 33.1 Å². The number of hydrogen-bond acceptors (Lipinski definition) is 3. The van der Waals surface area contributed by atoms with Gasteiger partial charge in [0.05, 0.1) is 18.4 Å². The standard InChI is InChI=1S/C18H16Cl3N5O/c1-11-14(18(21)25(2)24-11)5-6-17(27)23-16-7-8-22-26(16)10-12-3-4-13(19)9-15(12)20/h3-9H,10H2,1-2H3,(H,23,27)/b6-5+. The van der Waals surface area contributed by atoms with Crippen LogP contribution in [-0.4, -0.2) is 25.5 Å². The van der Waals surface area contributed by atoms with Gasteiger partial charge < -0.3 is 5.32 Å². The lowest BCUT2D eigenvalue weighted by Crippen LogP contribution is -2.14. The summed E-state index contributed by atoms with van der Waals surface area (Å²) in [5, 5.41) is 12.8. The van der Waals surface area contributed by atoms with E-state index >= 15 is 0 Å². The van der Waals surface area contributed by atoms with Gasteiger partial charge in [0.1, 0.15) is 11.0 Å². The number of carbonyl (C=O) groups excluding carboxylic acids is 1. The van der Waals surface area contributed by atoms with Crippen molar-refractivity contribution in [2.24, 2.45) is 7.05 Å². The van der Waals surface area contributed by atoms with Gasteiger partial charge in [0, 0.05) is 34.8 Å². The van der Waals surface area contributed by atoms with E-state index in [0.717, 1.165) is 11.3 Å². The molecule has 0 aliphatic carbocycles. The molecule has 140 valence electrons. The van der Waals surface area contributed by atoms with Crippen LogP contribution in [0.3, 0.4) is 0 Å². The van der Waals surface area contributed by atoms with Crippen molar-refractivity contribution in [2.75, 3.05) is 5.32 Å². The zero-order chi connectivity index (χ0) is 19.6. The van der Waals surface area contributed by atoms with Crippen LogP contribution < -0.4 is 5.32 Å². The Labute approximate surface area is 171 Å². The average Bonchev–Trinajstić information content (AvgIpc) is 3.13. The lowest BCUT2D eigenvalue weighted by atomic mass is 10.2. The van der Waals surface area contributed by atoms with E-state index in [9.17, 15) is 4.79 Å². The Morgan fingerprint density at radius 2 is 2.04 bits per heavy atom. The number of rotatable bonds is 5. The maximum atomic E-state index is 12.3. The molecule has 0 fully saturated rings. The number of nitrogens with one attached hydrogen (secondary N) is 1. The Balaban J connectivity index is 1.72. The zero-order valence-corrected chi connectivity index (χ0v) is 16.8. The summed E-state index contributed by atoms with van der Waals surface area (Å²) in [7, 11) is 1.74. The molecule has 3 aromatic rings. The Morgan fingerprint density at radius 3 is 2.70 bits per heavy atom. The third-order valence-corrected chi connectivity index (χ3v) is 4.94. The molecule has 0 unspecified atom stereocenters. The molecule has 27 heavy (non-hydrogen) atoms. The van der Waals surface area contributed by atoms with Crippen LogP contribution in [0.25, 0.3) is 6.08 Å². The molecule has 0 spiro atoms. The first-order valence-electron chi connectivity index (χ1n) is 7.99. The van der Waals surface area contributed by atoms with Gasteiger partial charge in [0.15, 0.2) is 0 Å². The van der Waals surface area contributed by atoms with Gasteiger partial charge in [0.25, 0.3) is 0 Å². The number of anilines is 1. The molecule has 6 nitrogen and oxygen atoms in total. The second-order valence-corrected chi connectivity index (χ2v) is 7.05. The first kappa shape index (κ1) is 19.5. The van der Waals surface area contributed by atoms with E-state index in [1.165, 1.54) is 6.08 Å². The summed E-state index contributed by atoms with van der Waals surface area (Å²) in [6, 6.07) is 6.96. The molecule has 0 bridgehead atoms. The predicted octanol–water partition coefficient (Wildman–Crippen LogP) is 4.59. The van der Waals surface area contributed by atoms with Crippen molar-refractivity contribution in [1.82, 2.24) is 19.6 Å². The van der Waals surface area contributed by atoms with Crippen LogP contribution in [0.15, 0.2) is 36.5 Å². The highest BCUT2D eigenvalue weighted by molar-refractivity contribution is 6.35. The summed E-state index contributed by atoms with van der Waals surface area (Å²) < 4.78 is 3.20. The first-order chi connectivity index (χ1) is 12.8. The molecule has 1 aromatic carbocycles. The minimum absolute atomic E-state index is 0.307. The maximum absolute atomic E-state index is 12.3. The number of amides is 1. The maximum Gasteiger partial charge on any atom is 0.249 e. The Morgan fingerprint density at radius 1 is 1.26 bits per heavy atom. The highest BCUT2D eigenvalue weighted by Crippen LogP contribution is 2.23. The number of aromatic nitrogens is 4. The smallest absolute Gasteiger partial charge is 0.249 e. The van der Waals surface area contributed by atoms with Gasteiger partial charge in [-0.15, -0.1) is 0 Å². The molecule has 3 rings (SSSR count). The summed E-state index contributed by atoms with van der Waals surface area (Å²) in [6.07, 6.45) is 4.64. The molecule has 9 heteroatoms. The number of aryl methyl sites for hydroxylation is 2. The molecule has 0 saturated carbocycles. The third-order valence-electron chi connectivity index (χ3n) is 3.90. The van der Waals surface area contributed by atoms with Crippen LogP contribution >= 0.6 is 34.8 Å². The highest BCUT2D eigenvalue weighted by Gasteiger charge is 2.11. The number of nitrogens with zero attached hydrogens (tertiary/aromatic N) is 4. The number of carbonyl (C=O) groups is 1. The second-order valence-electron chi connectivity index (χ2n) is 5.85. The minimum Gasteiger partial charge on any atom is -0.307 e. The Kier molecular flexibility index (Phi) is 5.89. The summed E-state index contributed by atoms with van der Waals surface area (Å²) in [4.78, 5) is 12.3. The molecule has 1 N–H and O–H groups in total. The molecule has 0 aliphatic heterocycles. The minimum atomic E-state index is -0.307. The van der Waals surface area contributed by atoms with Crippen molar-refractivity contribution in [2.45, 2.75) is 13.5 Å². The van der Waals surface area contributed by atoms with Crippen LogP contribution in [0.1, 0.15) is 16.8 Å². The van der Waals surface area contributed by atoms with Gasteiger partial charge in [-0.05, 0) is 30.7 Å². The fraction of sp³-hybridized carbons (Fsp3) is 0.167. The van der Waals surface area contributed by atoms with Gasteiger partial charge >= 0.3 is 0 Å². The molecule has 0 aliphatic rings. The Hall–Kier alpha value is -2.28. The van der Waals surface area contributed by atoms with Crippen molar-refractivity contribution in [3.8, 4) is 0 Å². The van der Waals surface area contributed by atoms with Crippen molar-refractivity contribution >= 4 is 52.6 Å². The summed E-state index contributed by atoms with van der Waals surface area (Å²) in [5.41, 5.74) is 2.29. The number of hydrogen-bond donors (Lipinski definition) is 1. The Bertz CT molecular complexity index is 1020. The van der Waals surface area contributed by atoms with E-state index in [2.05, 4.69) is 15.5 Å². The summed E-state index contributed by atoms with van der Waals surface area (Å²) >= 11 is 18.3. The molecular weight excluding hydrogens is 409 g/mol. The van der Waals surface area contributed by atoms with Crippen molar-refractivity contribution in [1.29, 1.82) is 0 Å². The van der Waals surface area contributed by atoms with Gasteiger partial charge in [-0.25, -0.2) is 4.68 Å². The fourth-order valence-electron chi connectivity index (χ4n) is 2.54. The first-order valence-corrected chi connectivity index (χ1v) is 9.12. The van der Waals surface area contributed by atoms with Crippen LogP contribution in [0.5, 0.6) is 0 Å². The zero-order valence-electron chi connectivity index (χ0n) is 14.6. The lowest BCUT2D eigenvalue weighted by molar-refractivity contribution is -0.111. The summed E-state index contributed by atoms with van der Waals surface area (Å²) in [6.45, 7) is 2.23. The van der Waals surface area contributed by atoms with Crippen LogP contribution in [0, 0.1) is 6.92 Å². The lowest BCUT2D eigenvalue weighted by Gasteiger charge is -2.09. The van der Waals surface area contributed by atoms with Gasteiger partial charge in [-0.3, -0.25) is 9.48 Å². The van der Waals surface area contributed by atoms with E-state index in [-0.39, 0.29) is 5.91 Å². The predicted molar refractivity (Wildman–Crippen MR) is 108 cm³/mol. The molecule has 0 radical (unpaired) electrons. The molecular formula is C18H16Cl3N5O. The van der Waals surface area contributed by atoms with Gasteiger partial charge in [-0.2, -0.15) is 10.2 Å². The van der Waals surface area contributed by atoms with E-state index < -0.39 is 0 Å². The monoisotopic (exact) mass is 423 g/mol. The number of halogens is 3. The molecule has 0 saturated heterocycles. The molecule has 2 aromatic heterocycles. The normalized spacial score (nSPS) is 11.3. The van der Waals surface area contributed by atoms with Crippen molar-refractivity contribution in [3.05, 3.63) is 68.6 Å². The second kappa shape index (κ2) is 8.17. The van der Waals surface area contributed by atoms with E-state index in [4.69, 9.17) is 34.8 Å². The summed E-state index contributed by atoms with van der Waals surface area (Å²) in [5.74, 6) is 0.239. The SMILES string of the molecule is Cc1nn(C)c(Cl)c1/C=C/C(=O)Nc1ccnn1Cc1ccc(Cl)cc1Cl. The molecule has 1 amide bonds. The number of benzene rings is 1.